The molecule has 1 N–H and O–H groups in total. The molecule has 3 aromatic rings. The molecule has 0 saturated heterocycles. The molecule has 0 unspecified atom stereocenters. The standard InChI is InChI=1S/C19H15FN2O3/c20-14-6-19-18(24-10-25-19)5-13(14)17(23)7-15-11-3-1-2-4-12(11)16-8-21-9-22(15)16/h1-6,8-9,15,17,23H,7,10H2/t15-,17+/m1/s1. The molecule has 6 heteroatoms. The Bertz CT molecular complexity index is 969. The third kappa shape index (κ3) is 2.14. The number of ether oxygens (including phenoxy) is 2. The zero-order valence-corrected chi connectivity index (χ0v) is 13.2. The second-order valence-corrected chi connectivity index (χ2v) is 6.27. The van der Waals surface area contributed by atoms with E-state index < -0.39 is 11.9 Å². The van der Waals surface area contributed by atoms with Gasteiger partial charge in [0.05, 0.1) is 30.4 Å². The molecule has 0 amide bonds. The minimum absolute atomic E-state index is 0.0721. The molecule has 3 heterocycles. The Morgan fingerprint density at radius 1 is 1.24 bits per heavy atom. The quantitative estimate of drug-likeness (QED) is 0.795. The van der Waals surface area contributed by atoms with Gasteiger partial charge in [0, 0.05) is 23.6 Å². The van der Waals surface area contributed by atoms with Crippen LogP contribution in [0.25, 0.3) is 11.3 Å². The first kappa shape index (κ1) is 14.5. The maximum atomic E-state index is 14.4. The van der Waals surface area contributed by atoms with Crippen LogP contribution in [-0.4, -0.2) is 21.5 Å². The number of halogens is 1. The number of benzene rings is 2. The first-order chi connectivity index (χ1) is 12.2. The molecule has 0 aliphatic carbocycles. The molecule has 25 heavy (non-hydrogen) atoms. The number of aliphatic hydroxyl groups is 1. The average molecular weight is 338 g/mol. The summed E-state index contributed by atoms with van der Waals surface area (Å²) in [6, 6.07) is 10.7. The van der Waals surface area contributed by atoms with E-state index in [0.717, 1.165) is 16.8 Å². The van der Waals surface area contributed by atoms with E-state index >= 15 is 0 Å². The topological polar surface area (TPSA) is 56.5 Å². The Kier molecular flexibility index (Phi) is 3.08. The van der Waals surface area contributed by atoms with Gasteiger partial charge in [0.15, 0.2) is 11.5 Å². The predicted octanol–water partition coefficient (Wildman–Crippen LogP) is 3.44. The molecule has 0 fully saturated rings. The summed E-state index contributed by atoms with van der Waals surface area (Å²) in [7, 11) is 0. The second kappa shape index (κ2) is 5.32. The van der Waals surface area contributed by atoms with Gasteiger partial charge in [-0.15, -0.1) is 0 Å². The summed E-state index contributed by atoms with van der Waals surface area (Å²) < 4.78 is 26.9. The highest BCUT2D eigenvalue weighted by Crippen LogP contribution is 2.44. The molecule has 2 atom stereocenters. The molecule has 2 aliphatic rings. The van der Waals surface area contributed by atoms with Gasteiger partial charge in [-0.3, -0.25) is 0 Å². The van der Waals surface area contributed by atoms with Crippen LogP contribution in [0.15, 0.2) is 48.9 Å². The number of hydrogen-bond acceptors (Lipinski definition) is 4. The molecular formula is C19H15FN2O3. The van der Waals surface area contributed by atoms with Gasteiger partial charge in [0.2, 0.25) is 6.79 Å². The summed E-state index contributed by atoms with van der Waals surface area (Å²) >= 11 is 0. The van der Waals surface area contributed by atoms with E-state index in [1.54, 1.807) is 6.33 Å². The Morgan fingerprint density at radius 2 is 2.04 bits per heavy atom. The van der Waals surface area contributed by atoms with E-state index in [9.17, 15) is 9.50 Å². The number of imidazole rings is 1. The first-order valence-corrected chi connectivity index (χ1v) is 8.10. The van der Waals surface area contributed by atoms with E-state index in [0.29, 0.717) is 17.9 Å². The van der Waals surface area contributed by atoms with Crippen molar-refractivity contribution in [2.24, 2.45) is 0 Å². The summed E-state index contributed by atoms with van der Waals surface area (Å²) in [6.45, 7) is 0.0721. The molecule has 5 rings (SSSR count). The van der Waals surface area contributed by atoms with Crippen LogP contribution in [0.4, 0.5) is 4.39 Å². The van der Waals surface area contributed by atoms with Gasteiger partial charge in [-0.05, 0) is 11.6 Å². The fraction of sp³-hybridized carbons (Fsp3) is 0.211. The summed E-state index contributed by atoms with van der Waals surface area (Å²) in [5.41, 5.74) is 3.44. The van der Waals surface area contributed by atoms with Crippen LogP contribution in [0.2, 0.25) is 0 Å². The maximum absolute atomic E-state index is 14.4. The van der Waals surface area contributed by atoms with Crippen LogP contribution < -0.4 is 9.47 Å². The molecule has 0 bridgehead atoms. The SMILES string of the molecule is O[C@@H](C[C@@H]1c2ccccc2-c2cncn21)c1cc2c(cc1F)OCO2. The third-order valence-corrected chi connectivity index (χ3v) is 4.89. The van der Waals surface area contributed by atoms with Gasteiger partial charge < -0.3 is 19.1 Å². The van der Waals surface area contributed by atoms with Crippen molar-refractivity contribution in [1.29, 1.82) is 0 Å². The number of fused-ring (bicyclic) bond motifs is 4. The summed E-state index contributed by atoms with van der Waals surface area (Å²) in [6.07, 6.45) is 2.94. The summed E-state index contributed by atoms with van der Waals surface area (Å²) in [4.78, 5) is 4.21. The fourth-order valence-corrected chi connectivity index (χ4v) is 3.70. The molecule has 0 radical (unpaired) electrons. The highest BCUT2D eigenvalue weighted by Gasteiger charge is 2.31. The van der Waals surface area contributed by atoms with Gasteiger partial charge in [-0.1, -0.05) is 24.3 Å². The van der Waals surface area contributed by atoms with Crippen LogP contribution in [0.5, 0.6) is 11.5 Å². The highest BCUT2D eigenvalue weighted by molar-refractivity contribution is 5.69. The zero-order chi connectivity index (χ0) is 17.0. The van der Waals surface area contributed by atoms with Gasteiger partial charge >= 0.3 is 0 Å². The van der Waals surface area contributed by atoms with Crippen LogP contribution in [0.3, 0.4) is 0 Å². The average Bonchev–Trinajstić information content (AvgIpc) is 3.31. The molecular weight excluding hydrogens is 323 g/mol. The molecule has 2 aliphatic heterocycles. The number of aromatic nitrogens is 2. The van der Waals surface area contributed by atoms with E-state index in [1.165, 1.54) is 12.1 Å². The van der Waals surface area contributed by atoms with Crippen LogP contribution in [0, 0.1) is 5.82 Å². The van der Waals surface area contributed by atoms with Crippen molar-refractivity contribution in [3.63, 3.8) is 0 Å². The van der Waals surface area contributed by atoms with Gasteiger partial charge in [-0.25, -0.2) is 9.37 Å². The second-order valence-electron chi connectivity index (χ2n) is 6.27. The van der Waals surface area contributed by atoms with Crippen LogP contribution >= 0.6 is 0 Å². The third-order valence-electron chi connectivity index (χ3n) is 4.89. The van der Waals surface area contributed by atoms with Crippen molar-refractivity contribution >= 4 is 0 Å². The van der Waals surface area contributed by atoms with E-state index in [2.05, 4.69) is 4.98 Å². The highest BCUT2D eigenvalue weighted by atomic mass is 19.1. The number of aliphatic hydroxyl groups excluding tert-OH is 1. The van der Waals surface area contributed by atoms with Gasteiger partial charge in [0.25, 0.3) is 0 Å². The van der Waals surface area contributed by atoms with E-state index in [-0.39, 0.29) is 18.4 Å². The Hall–Kier alpha value is -2.86. The lowest BCUT2D eigenvalue weighted by Crippen LogP contribution is -2.11. The molecule has 2 aromatic carbocycles. The van der Waals surface area contributed by atoms with E-state index in [4.69, 9.17) is 9.47 Å². The van der Waals surface area contributed by atoms with Crippen molar-refractivity contribution in [1.82, 2.24) is 9.55 Å². The van der Waals surface area contributed by atoms with Gasteiger partial charge in [-0.2, -0.15) is 0 Å². The Morgan fingerprint density at radius 3 is 2.92 bits per heavy atom. The molecule has 1 aromatic heterocycles. The maximum Gasteiger partial charge on any atom is 0.231 e. The smallest absolute Gasteiger partial charge is 0.231 e. The predicted molar refractivity (Wildman–Crippen MR) is 87.9 cm³/mol. The number of hydrogen-bond donors (Lipinski definition) is 1. The lowest BCUT2D eigenvalue weighted by molar-refractivity contribution is 0.149. The molecule has 0 saturated carbocycles. The normalized spacial score (nSPS) is 18.1. The Labute approximate surface area is 143 Å². The lowest BCUT2D eigenvalue weighted by atomic mass is 9.95. The Balaban J connectivity index is 1.50. The minimum Gasteiger partial charge on any atom is -0.454 e. The van der Waals surface area contributed by atoms with Crippen molar-refractivity contribution < 1.29 is 19.0 Å². The number of rotatable bonds is 3. The van der Waals surface area contributed by atoms with Crippen molar-refractivity contribution in [2.75, 3.05) is 6.79 Å². The van der Waals surface area contributed by atoms with Crippen LogP contribution in [0.1, 0.15) is 29.7 Å². The van der Waals surface area contributed by atoms with Crippen molar-refractivity contribution in [3.8, 4) is 22.8 Å². The summed E-state index contributed by atoms with van der Waals surface area (Å²) in [5, 5.41) is 10.7. The molecule has 0 spiro atoms. The minimum atomic E-state index is -0.971. The molecule has 5 nitrogen and oxygen atoms in total. The first-order valence-electron chi connectivity index (χ1n) is 8.10. The van der Waals surface area contributed by atoms with Crippen molar-refractivity contribution in [3.05, 3.63) is 65.9 Å². The zero-order valence-electron chi connectivity index (χ0n) is 13.2. The van der Waals surface area contributed by atoms with Crippen molar-refractivity contribution in [2.45, 2.75) is 18.6 Å². The monoisotopic (exact) mass is 338 g/mol. The molecule has 126 valence electrons. The van der Waals surface area contributed by atoms with Crippen LogP contribution in [-0.2, 0) is 0 Å². The number of nitrogens with zero attached hydrogens (tertiary/aromatic N) is 2. The lowest BCUT2D eigenvalue weighted by Gasteiger charge is -2.20. The van der Waals surface area contributed by atoms with E-state index in [1.807, 2.05) is 35.0 Å². The fourth-order valence-electron chi connectivity index (χ4n) is 3.70. The largest absolute Gasteiger partial charge is 0.454 e. The summed E-state index contributed by atoms with van der Waals surface area (Å²) in [5.74, 6) is 0.344. The van der Waals surface area contributed by atoms with Gasteiger partial charge in [0.1, 0.15) is 5.82 Å².